The summed E-state index contributed by atoms with van der Waals surface area (Å²) in [7, 11) is 0. The van der Waals surface area contributed by atoms with Crippen molar-refractivity contribution in [2.75, 3.05) is 13.1 Å². The minimum Gasteiger partial charge on any atom is -0.298 e. The van der Waals surface area contributed by atoms with E-state index >= 15 is 0 Å². The van der Waals surface area contributed by atoms with Gasteiger partial charge in [0.1, 0.15) is 11.4 Å². The van der Waals surface area contributed by atoms with Crippen LogP contribution in [-0.4, -0.2) is 33.4 Å². The van der Waals surface area contributed by atoms with E-state index in [1.54, 1.807) is 0 Å². The molecule has 4 heteroatoms. The summed E-state index contributed by atoms with van der Waals surface area (Å²) < 4.78 is 0. The molecule has 18 heavy (non-hydrogen) atoms. The van der Waals surface area contributed by atoms with Crippen LogP contribution in [0.4, 0.5) is 0 Å². The summed E-state index contributed by atoms with van der Waals surface area (Å²) in [5, 5.41) is 11.3. The van der Waals surface area contributed by atoms with Crippen LogP contribution in [0.15, 0.2) is 24.3 Å². The molecule has 0 unspecified atom stereocenters. The highest BCUT2D eigenvalue weighted by Gasteiger charge is 2.13. The zero-order valence-electron chi connectivity index (χ0n) is 11.3. The number of benzene rings is 1. The van der Waals surface area contributed by atoms with Crippen molar-refractivity contribution < 1.29 is 0 Å². The van der Waals surface area contributed by atoms with Gasteiger partial charge in [-0.15, -0.1) is 0 Å². The van der Waals surface area contributed by atoms with Gasteiger partial charge < -0.3 is 0 Å². The van der Waals surface area contributed by atoms with Gasteiger partial charge in [0, 0.05) is 12.1 Å². The fraction of sp³-hybridized carbons (Fsp3) is 0.429. The largest absolute Gasteiger partial charge is 0.298 e. The lowest BCUT2D eigenvalue weighted by Gasteiger charge is -2.16. The molecule has 0 saturated carbocycles. The Morgan fingerprint density at radius 2 is 1.83 bits per heavy atom. The van der Waals surface area contributed by atoms with Crippen molar-refractivity contribution in [1.82, 2.24) is 20.3 Å². The molecule has 1 N–H and O–H groups in total. The molecular formula is C14H20N4. The number of nitrogens with zero attached hydrogens (tertiary/aromatic N) is 3. The van der Waals surface area contributed by atoms with Crippen molar-refractivity contribution >= 4 is 0 Å². The normalized spacial score (nSPS) is 11.1. The maximum atomic E-state index is 4.31. The van der Waals surface area contributed by atoms with Crippen LogP contribution in [-0.2, 0) is 6.54 Å². The van der Waals surface area contributed by atoms with Crippen LogP contribution in [0.2, 0.25) is 0 Å². The lowest BCUT2D eigenvalue weighted by Crippen LogP contribution is -2.22. The molecule has 0 aliphatic heterocycles. The average Bonchev–Trinajstić information content (AvgIpc) is 2.84. The number of hydrogen-bond acceptors (Lipinski definition) is 3. The molecule has 0 radical (unpaired) electrons. The van der Waals surface area contributed by atoms with Gasteiger partial charge >= 0.3 is 0 Å². The number of aromatic nitrogens is 3. The maximum Gasteiger partial charge on any atom is 0.117 e. The monoisotopic (exact) mass is 244 g/mol. The Kier molecular flexibility index (Phi) is 4.10. The lowest BCUT2D eigenvalue weighted by molar-refractivity contribution is 0.292. The van der Waals surface area contributed by atoms with Crippen LogP contribution < -0.4 is 0 Å². The molecule has 0 aliphatic rings. The summed E-state index contributed by atoms with van der Waals surface area (Å²) in [6, 6.07) is 8.28. The van der Waals surface area contributed by atoms with Crippen LogP contribution in [0.25, 0.3) is 11.3 Å². The first-order valence-electron chi connectivity index (χ1n) is 6.44. The summed E-state index contributed by atoms with van der Waals surface area (Å²) in [4.78, 5) is 2.33. The van der Waals surface area contributed by atoms with E-state index in [1.807, 2.05) is 12.1 Å². The predicted octanol–water partition coefficient (Wildman–Crippen LogP) is 2.62. The minimum atomic E-state index is 0.840. The highest BCUT2D eigenvalue weighted by Crippen LogP contribution is 2.23. The van der Waals surface area contributed by atoms with E-state index in [0.717, 1.165) is 36.6 Å². The second kappa shape index (κ2) is 5.78. The number of hydrogen-bond donors (Lipinski definition) is 1. The molecule has 2 aromatic rings. The Hall–Kier alpha value is -1.68. The molecule has 1 heterocycles. The third-order valence-corrected chi connectivity index (χ3v) is 3.29. The van der Waals surface area contributed by atoms with Crippen LogP contribution in [0.5, 0.6) is 0 Å². The van der Waals surface area contributed by atoms with Crippen molar-refractivity contribution in [3.63, 3.8) is 0 Å². The second-order valence-corrected chi connectivity index (χ2v) is 4.40. The summed E-state index contributed by atoms with van der Waals surface area (Å²) in [6.45, 7) is 9.32. The van der Waals surface area contributed by atoms with Gasteiger partial charge in [-0.05, 0) is 25.6 Å². The topological polar surface area (TPSA) is 44.8 Å². The van der Waals surface area contributed by atoms with Gasteiger partial charge in [-0.2, -0.15) is 15.4 Å². The second-order valence-electron chi connectivity index (χ2n) is 4.40. The van der Waals surface area contributed by atoms with Crippen molar-refractivity contribution in [2.24, 2.45) is 0 Å². The van der Waals surface area contributed by atoms with Gasteiger partial charge in [0.05, 0.1) is 0 Å². The number of H-pyrrole nitrogens is 1. The summed E-state index contributed by atoms with van der Waals surface area (Å²) in [5.41, 5.74) is 4.38. The molecule has 0 atom stereocenters. The van der Waals surface area contributed by atoms with E-state index in [0.29, 0.717) is 0 Å². The number of aromatic amines is 1. The highest BCUT2D eigenvalue weighted by atomic mass is 15.3. The number of nitrogens with one attached hydrogen (secondary N) is 1. The van der Waals surface area contributed by atoms with Gasteiger partial charge in [0.15, 0.2) is 0 Å². The molecule has 4 nitrogen and oxygen atoms in total. The van der Waals surface area contributed by atoms with Crippen molar-refractivity contribution in [3.8, 4) is 11.3 Å². The Labute approximate surface area is 108 Å². The van der Waals surface area contributed by atoms with Gasteiger partial charge in [-0.1, -0.05) is 38.1 Å². The molecule has 0 aliphatic carbocycles. The van der Waals surface area contributed by atoms with Gasteiger partial charge in [0.25, 0.3) is 0 Å². The fourth-order valence-electron chi connectivity index (χ4n) is 2.08. The summed E-state index contributed by atoms with van der Waals surface area (Å²) in [6.07, 6.45) is 0. The molecule has 0 saturated heterocycles. The first-order chi connectivity index (χ1) is 8.76. The van der Waals surface area contributed by atoms with E-state index in [4.69, 9.17) is 0 Å². The van der Waals surface area contributed by atoms with E-state index in [-0.39, 0.29) is 0 Å². The Morgan fingerprint density at radius 3 is 2.50 bits per heavy atom. The van der Waals surface area contributed by atoms with Crippen LogP contribution >= 0.6 is 0 Å². The fourth-order valence-corrected chi connectivity index (χ4v) is 2.08. The summed E-state index contributed by atoms with van der Waals surface area (Å²) >= 11 is 0. The van der Waals surface area contributed by atoms with Crippen LogP contribution in [0.3, 0.4) is 0 Å². The average molecular weight is 244 g/mol. The predicted molar refractivity (Wildman–Crippen MR) is 73.2 cm³/mol. The van der Waals surface area contributed by atoms with Gasteiger partial charge in [0.2, 0.25) is 0 Å². The molecule has 2 rings (SSSR count). The Balaban J connectivity index is 2.31. The zero-order chi connectivity index (χ0) is 13.0. The van der Waals surface area contributed by atoms with E-state index in [9.17, 15) is 0 Å². The zero-order valence-corrected chi connectivity index (χ0v) is 11.3. The van der Waals surface area contributed by atoms with Crippen molar-refractivity contribution in [3.05, 3.63) is 35.5 Å². The maximum absolute atomic E-state index is 4.31. The van der Waals surface area contributed by atoms with E-state index in [2.05, 4.69) is 53.2 Å². The van der Waals surface area contributed by atoms with Crippen molar-refractivity contribution in [2.45, 2.75) is 27.3 Å². The van der Waals surface area contributed by atoms with E-state index in [1.165, 1.54) is 5.56 Å². The molecule has 0 bridgehead atoms. The summed E-state index contributed by atoms with van der Waals surface area (Å²) in [5.74, 6) is 0. The van der Waals surface area contributed by atoms with Crippen LogP contribution in [0, 0.1) is 6.92 Å². The first-order valence-corrected chi connectivity index (χ1v) is 6.44. The molecule has 96 valence electrons. The molecule has 0 amide bonds. The third-order valence-electron chi connectivity index (χ3n) is 3.29. The van der Waals surface area contributed by atoms with Crippen molar-refractivity contribution in [1.29, 1.82) is 0 Å². The highest BCUT2D eigenvalue weighted by molar-refractivity contribution is 5.64. The van der Waals surface area contributed by atoms with E-state index < -0.39 is 0 Å². The smallest absolute Gasteiger partial charge is 0.117 e. The number of aryl methyl sites for hydroxylation is 1. The number of rotatable bonds is 5. The molecule has 1 aromatic heterocycles. The Morgan fingerprint density at radius 1 is 1.11 bits per heavy atom. The quantitative estimate of drug-likeness (QED) is 0.879. The Bertz CT molecular complexity index is 500. The molecule has 0 fully saturated rings. The van der Waals surface area contributed by atoms with Gasteiger partial charge in [-0.25, -0.2) is 0 Å². The lowest BCUT2D eigenvalue weighted by atomic mass is 10.0. The standard InChI is InChI=1S/C14H20N4/c1-4-18(5-2)10-13-14(16-17-15-13)12-9-7-6-8-11(12)3/h6-9H,4-5,10H2,1-3H3,(H,15,16,17). The first kappa shape index (κ1) is 12.8. The van der Waals surface area contributed by atoms with Gasteiger partial charge in [-0.3, -0.25) is 4.90 Å². The molecule has 1 aromatic carbocycles. The molecular weight excluding hydrogens is 224 g/mol. The SMILES string of the molecule is CCN(CC)Cc1n[nH]nc1-c1ccccc1C. The van der Waals surface area contributed by atoms with Crippen LogP contribution in [0.1, 0.15) is 25.1 Å². The third kappa shape index (κ3) is 2.59. The molecule has 0 spiro atoms. The minimum absolute atomic E-state index is 0.840.